The van der Waals surface area contributed by atoms with E-state index in [1.807, 2.05) is 30.3 Å². The lowest BCUT2D eigenvalue weighted by atomic mass is 9.77. The summed E-state index contributed by atoms with van der Waals surface area (Å²) in [5, 5.41) is 11.5. The standard InChI is InChI=1S/C17H16ClIO/c18-12-8-9-16(19)15(10-12)17(20)14-7-2-1-6-13(14)11-4-3-5-11/h1-2,6-11,17,20H,3-5H2. The zero-order chi connectivity index (χ0) is 14.1. The molecule has 20 heavy (non-hydrogen) atoms. The molecule has 0 amide bonds. The zero-order valence-electron chi connectivity index (χ0n) is 11.0. The van der Waals surface area contributed by atoms with Crippen molar-refractivity contribution in [2.45, 2.75) is 31.3 Å². The average Bonchev–Trinajstić information content (AvgIpc) is 2.39. The van der Waals surface area contributed by atoms with Gasteiger partial charge in [-0.2, -0.15) is 0 Å². The summed E-state index contributed by atoms with van der Waals surface area (Å²) in [6.45, 7) is 0. The highest BCUT2D eigenvalue weighted by Crippen LogP contribution is 2.41. The van der Waals surface area contributed by atoms with Gasteiger partial charge in [0, 0.05) is 8.59 Å². The van der Waals surface area contributed by atoms with Gasteiger partial charge in [-0.15, -0.1) is 0 Å². The van der Waals surface area contributed by atoms with Crippen LogP contribution in [0.3, 0.4) is 0 Å². The Morgan fingerprint density at radius 3 is 2.55 bits per heavy atom. The van der Waals surface area contributed by atoms with E-state index in [1.165, 1.54) is 24.8 Å². The first-order chi connectivity index (χ1) is 9.66. The van der Waals surface area contributed by atoms with Crippen molar-refractivity contribution in [2.75, 3.05) is 0 Å². The van der Waals surface area contributed by atoms with Crippen molar-refractivity contribution in [1.29, 1.82) is 0 Å². The van der Waals surface area contributed by atoms with Gasteiger partial charge in [0.15, 0.2) is 0 Å². The molecule has 0 aromatic heterocycles. The molecule has 1 atom stereocenters. The third kappa shape index (κ3) is 2.74. The van der Waals surface area contributed by atoms with Crippen LogP contribution < -0.4 is 0 Å². The van der Waals surface area contributed by atoms with Gasteiger partial charge in [-0.25, -0.2) is 0 Å². The van der Waals surface area contributed by atoms with Gasteiger partial charge in [-0.1, -0.05) is 42.3 Å². The molecule has 1 N–H and O–H groups in total. The van der Waals surface area contributed by atoms with Crippen LogP contribution in [-0.4, -0.2) is 5.11 Å². The predicted molar refractivity (Wildman–Crippen MR) is 91.3 cm³/mol. The number of hydrogen-bond acceptors (Lipinski definition) is 1. The number of aliphatic hydroxyl groups is 1. The minimum absolute atomic E-state index is 0.600. The maximum atomic E-state index is 10.8. The van der Waals surface area contributed by atoms with Gasteiger partial charge in [-0.05, 0) is 76.2 Å². The number of benzene rings is 2. The smallest absolute Gasteiger partial charge is 0.105 e. The summed E-state index contributed by atoms with van der Waals surface area (Å²) in [6.07, 6.45) is 3.16. The van der Waals surface area contributed by atoms with Crippen molar-refractivity contribution in [1.82, 2.24) is 0 Å². The van der Waals surface area contributed by atoms with Crippen LogP contribution in [-0.2, 0) is 0 Å². The highest BCUT2D eigenvalue weighted by molar-refractivity contribution is 14.1. The Morgan fingerprint density at radius 2 is 1.85 bits per heavy atom. The van der Waals surface area contributed by atoms with Crippen molar-refractivity contribution in [3.63, 3.8) is 0 Å². The van der Waals surface area contributed by atoms with E-state index in [9.17, 15) is 5.11 Å². The molecule has 0 aliphatic heterocycles. The highest BCUT2D eigenvalue weighted by atomic mass is 127. The number of aliphatic hydroxyl groups excluding tert-OH is 1. The summed E-state index contributed by atoms with van der Waals surface area (Å²) in [6, 6.07) is 13.9. The summed E-state index contributed by atoms with van der Waals surface area (Å²) < 4.78 is 1.04. The van der Waals surface area contributed by atoms with Gasteiger partial charge in [-0.3, -0.25) is 0 Å². The van der Waals surface area contributed by atoms with Crippen LogP contribution in [0, 0.1) is 3.57 Å². The fourth-order valence-electron chi connectivity index (χ4n) is 2.74. The molecule has 0 heterocycles. The van der Waals surface area contributed by atoms with Crippen molar-refractivity contribution in [2.24, 2.45) is 0 Å². The van der Waals surface area contributed by atoms with Gasteiger partial charge >= 0.3 is 0 Å². The Labute approximate surface area is 138 Å². The van der Waals surface area contributed by atoms with Gasteiger partial charge < -0.3 is 5.11 Å². The third-order valence-electron chi connectivity index (χ3n) is 4.09. The molecule has 1 aliphatic rings. The Morgan fingerprint density at radius 1 is 1.10 bits per heavy atom. The Hall–Kier alpha value is -0.580. The lowest BCUT2D eigenvalue weighted by Crippen LogP contribution is -2.14. The maximum absolute atomic E-state index is 10.8. The molecule has 3 heteroatoms. The summed E-state index contributed by atoms with van der Waals surface area (Å²) in [7, 11) is 0. The van der Waals surface area contributed by atoms with Gasteiger partial charge in [0.1, 0.15) is 6.10 Å². The quantitative estimate of drug-likeness (QED) is 0.696. The molecular weight excluding hydrogens is 383 g/mol. The average molecular weight is 399 g/mol. The van der Waals surface area contributed by atoms with Crippen molar-refractivity contribution >= 4 is 34.2 Å². The normalized spacial score (nSPS) is 16.8. The fraction of sp³-hybridized carbons (Fsp3) is 0.294. The summed E-state index contributed by atoms with van der Waals surface area (Å²) >= 11 is 8.33. The first-order valence-corrected chi connectivity index (χ1v) is 8.34. The van der Waals surface area contributed by atoms with E-state index in [4.69, 9.17) is 11.6 Å². The second-order valence-corrected chi connectivity index (χ2v) is 6.92. The monoisotopic (exact) mass is 398 g/mol. The molecule has 3 rings (SSSR count). The van der Waals surface area contributed by atoms with E-state index in [1.54, 1.807) is 0 Å². The molecule has 104 valence electrons. The zero-order valence-corrected chi connectivity index (χ0v) is 13.9. The predicted octanol–water partition coefficient (Wildman–Crippen LogP) is 5.29. The van der Waals surface area contributed by atoms with Gasteiger partial charge in [0.25, 0.3) is 0 Å². The van der Waals surface area contributed by atoms with Crippen LogP contribution in [0.25, 0.3) is 0 Å². The van der Waals surface area contributed by atoms with Crippen molar-refractivity contribution in [3.8, 4) is 0 Å². The third-order valence-corrected chi connectivity index (χ3v) is 5.31. The van der Waals surface area contributed by atoms with Crippen molar-refractivity contribution in [3.05, 3.63) is 67.7 Å². The summed E-state index contributed by atoms with van der Waals surface area (Å²) in [4.78, 5) is 0. The molecule has 2 aromatic carbocycles. The molecule has 2 aromatic rings. The summed E-state index contributed by atoms with van der Waals surface area (Å²) in [5.74, 6) is 0.609. The van der Waals surface area contributed by atoms with Crippen LogP contribution >= 0.6 is 34.2 Å². The summed E-state index contributed by atoms with van der Waals surface area (Å²) in [5.41, 5.74) is 3.21. The van der Waals surface area contributed by atoms with E-state index in [-0.39, 0.29) is 0 Å². The minimum atomic E-state index is -0.600. The second-order valence-electron chi connectivity index (χ2n) is 5.33. The molecule has 0 saturated heterocycles. The molecular formula is C17H16ClIO. The Kier molecular flexibility index (Phi) is 4.34. The molecule has 1 saturated carbocycles. The Balaban J connectivity index is 2.01. The highest BCUT2D eigenvalue weighted by Gasteiger charge is 2.25. The van der Waals surface area contributed by atoms with E-state index >= 15 is 0 Å². The topological polar surface area (TPSA) is 20.2 Å². The largest absolute Gasteiger partial charge is 0.384 e. The number of rotatable bonds is 3. The SMILES string of the molecule is OC(c1cc(Cl)ccc1I)c1ccccc1C1CCC1. The second kappa shape index (κ2) is 6.04. The molecule has 1 nitrogen and oxygen atoms in total. The van der Waals surface area contributed by atoms with Crippen molar-refractivity contribution < 1.29 is 5.11 Å². The van der Waals surface area contributed by atoms with E-state index in [0.717, 1.165) is 14.7 Å². The Bertz CT molecular complexity index is 622. The first-order valence-electron chi connectivity index (χ1n) is 6.88. The molecule has 0 radical (unpaired) electrons. The number of hydrogen-bond donors (Lipinski definition) is 1. The van der Waals surface area contributed by atoms with Gasteiger partial charge in [0.2, 0.25) is 0 Å². The van der Waals surface area contributed by atoms with E-state index in [0.29, 0.717) is 10.9 Å². The minimum Gasteiger partial charge on any atom is -0.384 e. The lowest BCUT2D eigenvalue weighted by molar-refractivity contribution is 0.216. The molecule has 1 fully saturated rings. The number of halogens is 2. The van der Waals surface area contributed by atoms with Crippen LogP contribution in [0.2, 0.25) is 5.02 Å². The molecule has 1 aliphatic carbocycles. The maximum Gasteiger partial charge on any atom is 0.105 e. The fourth-order valence-corrected chi connectivity index (χ4v) is 3.55. The van der Waals surface area contributed by atoms with Gasteiger partial charge in [0.05, 0.1) is 0 Å². The van der Waals surface area contributed by atoms with Crippen LogP contribution in [0.15, 0.2) is 42.5 Å². The molecule has 0 spiro atoms. The van der Waals surface area contributed by atoms with Crippen LogP contribution in [0.1, 0.15) is 48.0 Å². The van der Waals surface area contributed by atoms with Crippen LogP contribution in [0.5, 0.6) is 0 Å². The first kappa shape index (κ1) is 14.4. The lowest BCUT2D eigenvalue weighted by Gasteiger charge is -2.29. The molecule has 1 unspecified atom stereocenters. The van der Waals surface area contributed by atoms with Crippen LogP contribution in [0.4, 0.5) is 0 Å². The van der Waals surface area contributed by atoms with E-state index < -0.39 is 6.10 Å². The molecule has 0 bridgehead atoms. The van der Waals surface area contributed by atoms with E-state index in [2.05, 4.69) is 34.7 Å².